The highest BCUT2D eigenvalue weighted by Gasteiger charge is 2.38. The predicted octanol–water partition coefficient (Wildman–Crippen LogP) is 3.09. The fourth-order valence-electron chi connectivity index (χ4n) is 3.35. The number of anilines is 1. The first-order valence-electron chi connectivity index (χ1n) is 9.31. The van der Waals surface area contributed by atoms with Crippen molar-refractivity contribution in [2.45, 2.75) is 26.3 Å². The molecule has 28 heavy (non-hydrogen) atoms. The van der Waals surface area contributed by atoms with Crippen molar-refractivity contribution in [1.29, 1.82) is 0 Å². The molecule has 1 aliphatic rings. The number of amides is 2. The molecule has 1 N–H and O–H groups in total. The highest BCUT2D eigenvalue weighted by molar-refractivity contribution is 5.93. The monoisotopic (exact) mass is 380 g/mol. The number of hydrogen-bond donors (Lipinski definition) is 1. The van der Waals surface area contributed by atoms with Crippen LogP contribution < -0.4 is 5.32 Å². The number of carbonyl (C=O) groups excluding carboxylic acids is 3. The van der Waals surface area contributed by atoms with Crippen molar-refractivity contribution in [2.75, 3.05) is 18.5 Å². The van der Waals surface area contributed by atoms with E-state index in [9.17, 15) is 14.4 Å². The van der Waals surface area contributed by atoms with Gasteiger partial charge in [-0.25, -0.2) is 0 Å². The van der Waals surface area contributed by atoms with Gasteiger partial charge in [-0.15, -0.1) is 0 Å². The van der Waals surface area contributed by atoms with E-state index < -0.39 is 17.8 Å². The van der Waals surface area contributed by atoms with Gasteiger partial charge in [0.2, 0.25) is 5.91 Å². The summed E-state index contributed by atoms with van der Waals surface area (Å²) in [6.45, 7) is 3.80. The molecular formula is C22H24N2O4. The Labute approximate surface area is 164 Å². The average Bonchev–Trinajstić information content (AvgIpc) is 3.08. The molecule has 0 bridgehead atoms. The quantitative estimate of drug-likeness (QED) is 0.782. The van der Waals surface area contributed by atoms with Gasteiger partial charge in [0.1, 0.15) is 0 Å². The van der Waals surface area contributed by atoms with E-state index in [1.807, 2.05) is 62.4 Å². The molecule has 0 saturated carbocycles. The van der Waals surface area contributed by atoms with Crippen molar-refractivity contribution in [1.82, 2.24) is 4.90 Å². The molecule has 6 heteroatoms. The Kier molecular flexibility index (Phi) is 6.09. The smallest absolute Gasteiger partial charge is 0.311 e. The Morgan fingerprint density at radius 3 is 2.64 bits per heavy atom. The molecule has 6 nitrogen and oxygen atoms in total. The van der Waals surface area contributed by atoms with Crippen molar-refractivity contribution in [3.05, 3.63) is 65.7 Å². The number of carbonyl (C=O) groups is 3. The van der Waals surface area contributed by atoms with E-state index in [-0.39, 0.29) is 25.0 Å². The van der Waals surface area contributed by atoms with Crippen molar-refractivity contribution in [2.24, 2.45) is 5.92 Å². The Bertz CT molecular complexity index is 866. The number of rotatable bonds is 6. The van der Waals surface area contributed by atoms with Crippen LogP contribution in [0.5, 0.6) is 0 Å². The Balaban J connectivity index is 1.51. The van der Waals surface area contributed by atoms with Crippen LogP contribution in [0.2, 0.25) is 0 Å². The summed E-state index contributed by atoms with van der Waals surface area (Å²) < 4.78 is 5.14. The average molecular weight is 380 g/mol. The number of benzene rings is 2. The lowest BCUT2D eigenvalue weighted by Crippen LogP contribution is -2.30. The molecule has 146 valence electrons. The second kappa shape index (κ2) is 8.69. The van der Waals surface area contributed by atoms with E-state index in [0.29, 0.717) is 12.2 Å². The molecule has 1 fully saturated rings. The number of nitrogens with zero attached hydrogens (tertiary/aromatic N) is 1. The van der Waals surface area contributed by atoms with Crippen molar-refractivity contribution in [3.63, 3.8) is 0 Å². The minimum absolute atomic E-state index is 0.0810. The highest BCUT2D eigenvalue weighted by Crippen LogP contribution is 2.29. The van der Waals surface area contributed by atoms with Crippen molar-refractivity contribution in [3.8, 4) is 0 Å². The lowest BCUT2D eigenvalue weighted by molar-refractivity contribution is -0.151. The topological polar surface area (TPSA) is 75.7 Å². The van der Waals surface area contributed by atoms with Crippen LogP contribution in [0.15, 0.2) is 54.6 Å². The van der Waals surface area contributed by atoms with Crippen LogP contribution in [0.1, 0.15) is 30.5 Å². The van der Waals surface area contributed by atoms with Crippen molar-refractivity contribution >= 4 is 23.5 Å². The molecule has 1 heterocycles. The number of likely N-dealkylation sites (tertiary alicyclic amines) is 1. The zero-order valence-electron chi connectivity index (χ0n) is 16.1. The van der Waals surface area contributed by atoms with Crippen LogP contribution in [0, 0.1) is 12.8 Å². The first kappa shape index (κ1) is 19.6. The summed E-state index contributed by atoms with van der Waals surface area (Å²) in [5.74, 6) is -1.55. The van der Waals surface area contributed by atoms with E-state index in [2.05, 4.69) is 5.32 Å². The fourth-order valence-corrected chi connectivity index (χ4v) is 3.35. The third-order valence-corrected chi connectivity index (χ3v) is 4.89. The highest BCUT2D eigenvalue weighted by atomic mass is 16.5. The lowest BCUT2D eigenvalue weighted by Gasteiger charge is -2.25. The molecule has 3 rings (SSSR count). The van der Waals surface area contributed by atoms with E-state index in [1.54, 1.807) is 11.0 Å². The molecule has 1 saturated heterocycles. The van der Waals surface area contributed by atoms with Gasteiger partial charge in [-0.2, -0.15) is 0 Å². The minimum Gasteiger partial charge on any atom is -0.455 e. The van der Waals surface area contributed by atoms with E-state index >= 15 is 0 Å². The van der Waals surface area contributed by atoms with E-state index in [4.69, 9.17) is 4.74 Å². The Hall–Kier alpha value is -3.15. The molecule has 0 radical (unpaired) electrons. The second-order valence-corrected chi connectivity index (χ2v) is 7.06. The van der Waals surface area contributed by atoms with Gasteiger partial charge in [0.15, 0.2) is 6.61 Å². The van der Waals surface area contributed by atoms with Gasteiger partial charge >= 0.3 is 5.97 Å². The molecule has 0 spiro atoms. The molecular weight excluding hydrogens is 356 g/mol. The zero-order valence-corrected chi connectivity index (χ0v) is 16.1. The summed E-state index contributed by atoms with van der Waals surface area (Å²) in [7, 11) is 0. The van der Waals surface area contributed by atoms with Crippen molar-refractivity contribution < 1.29 is 19.1 Å². The molecule has 1 aliphatic heterocycles. The molecule has 0 aliphatic carbocycles. The molecule has 2 aromatic carbocycles. The van der Waals surface area contributed by atoms with Crippen LogP contribution in [-0.2, 0) is 19.1 Å². The maximum absolute atomic E-state index is 12.4. The third-order valence-electron chi connectivity index (χ3n) is 4.89. The normalized spacial score (nSPS) is 17.3. The SMILES string of the molecule is Cc1cccc(NC(=O)COC(=O)[C@@H]2CC(=O)N([C@@H](C)c3ccccc3)C2)c1. The summed E-state index contributed by atoms with van der Waals surface area (Å²) in [6, 6.07) is 16.9. The summed E-state index contributed by atoms with van der Waals surface area (Å²) in [5, 5.41) is 2.69. The second-order valence-electron chi connectivity index (χ2n) is 7.06. The molecule has 0 unspecified atom stereocenters. The number of hydrogen-bond acceptors (Lipinski definition) is 4. The summed E-state index contributed by atoms with van der Waals surface area (Å²) in [6.07, 6.45) is 0.107. The first-order valence-corrected chi connectivity index (χ1v) is 9.31. The van der Waals surface area contributed by atoms with Crippen LogP contribution in [0.3, 0.4) is 0 Å². The summed E-state index contributed by atoms with van der Waals surface area (Å²) in [4.78, 5) is 38.4. The van der Waals surface area contributed by atoms with E-state index in [0.717, 1.165) is 11.1 Å². The maximum Gasteiger partial charge on any atom is 0.311 e. The van der Waals surface area contributed by atoms with Gasteiger partial charge < -0.3 is 15.0 Å². The van der Waals surface area contributed by atoms with E-state index in [1.165, 1.54) is 0 Å². The Morgan fingerprint density at radius 2 is 1.93 bits per heavy atom. The predicted molar refractivity (Wildman–Crippen MR) is 105 cm³/mol. The van der Waals surface area contributed by atoms with Crippen LogP contribution >= 0.6 is 0 Å². The maximum atomic E-state index is 12.4. The zero-order chi connectivity index (χ0) is 20.1. The van der Waals surface area contributed by atoms with Gasteiger partial charge in [-0.3, -0.25) is 14.4 Å². The molecule has 0 aromatic heterocycles. The first-order chi connectivity index (χ1) is 13.4. The number of ether oxygens (including phenoxy) is 1. The van der Waals surface area contributed by atoms with Crippen LogP contribution in [0.25, 0.3) is 0 Å². The van der Waals surface area contributed by atoms with Crippen LogP contribution in [-0.4, -0.2) is 35.8 Å². The van der Waals surface area contributed by atoms with Gasteiger partial charge in [-0.05, 0) is 37.1 Å². The largest absolute Gasteiger partial charge is 0.455 e. The third kappa shape index (κ3) is 4.76. The summed E-state index contributed by atoms with van der Waals surface area (Å²) in [5.41, 5.74) is 2.69. The van der Waals surface area contributed by atoms with Gasteiger partial charge in [-0.1, -0.05) is 42.5 Å². The fraction of sp³-hybridized carbons (Fsp3) is 0.318. The number of nitrogens with one attached hydrogen (secondary N) is 1. The van der Waals surface area contributed by atoms with Gasteiger partial charge in [0.25, 0.3) is 5.91 Å². The molecule has 2 atom stereocenters. The summed E-state index contributed by atoms with van der Waals surface area (Å²) >= 11 is 0. The molecule has 2 aromatic rings. The molecule has 2 amide bonds. The minimum atomic E-state index is -0.551. The van der Waals surface area contributed by atoms with Crippen LogP contribution in [0.4, 0.5) is 5.69 Å². The van der Waals surface area contributed by atoms with Gasteiger partial charge in [0, 0.05) is 18.7 Å². The number of aryl methyl sites for hydroxylation is 1. The van der Waals surface area contributed by atoms with Gasteiger partial charge in [0.05, 0.1) is 12.0 Å². The Morgan fingerprint density at radius 1 is 1.18 bits per heavy atom. The standard InChI is InChI=1S/C22H24N2O4/c1-15-7-6-10-19(11-15)23-20(25)14-28-22(27)18-12-21(26)24(13-18)16(2)17-8-4-3-5-9-17/h3-11,16,18H,12-14H2,1-2H3,(H,23,25)/t16-,18+/m0/s1. The lowest BCUT2D eigenvalue weighted by atomic mass is 10.1. The number of esters is 1.